The minimum Gasteiger partial charge on any atom is -0.272 e. The minimum atomic E-state index is -0.916. The van der Waals surface area contributed by atoms with Gasteiger partial charge in [0.1, 0.15) is 5.54 Å². The SMILES string of the molecule is CCCCCCCCN1C(=O)N(Cl)C(C)(C)C1=O. The van der Waals surface area contributed by atoms with E-state index in [-0.39, 0.29) is 11.9 Å². The van der Waals surface area contributed by atoms with Gasteiger partial charge in [-0.15, -0.1) is 0 Å². The fraction of sp³-hybridized carbons (Fsp3) is 0.846. The van der Waals surface area contributed by atoms with E-state index < -0.39 is 5.54 Å². The van der Waals surface area contributed by atoms with Crippen molar-refractivity contribution in [2.75, 3.05) is 6.54 Å². The molecule has 0 aromatic carbocycles. The Kier molecular flexibility index (Phi) is 5.45. The van der Waals surface area contributed by atoms with Gasteiger partial charge in [0.2, 0.25) is 0 Å². The zero-order valence-corrected chi connectivity index (χ0v) is 12.3. The highest BCUT2D eigenvalue weighted by molar-refractivity contribution is 6.27. The second kappa shape index (κ2) is 6.41. The Morgan fingerprint density at radius 3 is 2.11 bits per heavy atom. The van der Waals surface area contributed by atoms with Crippen molar-refractivity contribution in [2.24, 2.45) is 0 Å². The summed E-state index contributed by atoms with van der Waals surface area (Å²) >= 11 is 5.85. The van der Waals surface area contributed by atoms with Crippen LogP contribution in [-0.4, -0.2) is 33.3 Å². The van der Waals surface area contributed by atoms with Crippen LogP contribution >= 0.6 is 11.8 Å². The summed E-state index contributed by atoms with van der Waals surface area (Å²) in [6.45, 7) is 6.00. The van der Waals surface area contributed by atoms with Crippen molar-refractivity contribution in [3.05, 3.63) is 0 Å². The molecule has 0 radical (unpaired) electrons. The van der Waals surface area contributed by atoms with E-state index in [1.165, 1.54) is 24.2 Å². The van der Waals surface area contributed by atoms with Crippen LogP contribution in [0, 0.1) is 0 Å². The van der Waals surface area contributed by atoms with E-state index in [0.717, 1.165) is 23.7 Å². The van der Waals surface area contributed by atoms with Crippen LogP contribution in [0.25, 0.3) is 0 Å². The lowest BCUT2D eigenvalue weighted by Crippen LogP contribution is -2.39. The minimum absolute atomic E-state index is 0.198. The highest BCUT2D eigenvalue weighted by Crippen LogP contribution is 2.29. The van der Waals surface area contributed by atoms with E-state index in [4.69, 9.17) is 11.8 Å². The monoisotopic (exact) mass is 274 g/mol. The maximum absolute atomic E-state index is 12.0. The number of nitrogens with zero attached hydrogens (tertiary/aromatic N) is 2. The van der Waals surface area contributed by atoms with E-state index in [0.29, 0.717) is 6.54 Å². The number of urea groups is 1. The molecule has 1 saturated heterocycles. The molecule has 1 heterocycles. The summed E-state index contributed by atoms with van der Waals surface area (Å²) in [5.41, 5.74) is -0.916. The zero-order valence-electron chi connectivity index (χ0n) is 11.5. The molecule has 0 saturated carbocycles. The molecule has 0 bridgehead atoms. The first-order chi connectivity index (χ1) is 8.42. The van der Waals surface area contributed by atoms with Crippen molar-refractivity contribution in [1.82, 2.24) is 9.32 Å². The highest BCUT2D eigenvalue weighted by atomic mass is 35.5. The maximum Gasteiger partial charge on any atom is 0.342 e. The molecule has 1 aliphatic heterocycles. The summed E-state index contributed by atoms with van der Waals surface area (Å²) in [6.07, 6.45) is 6.79. The number of rotatable bonds is 7. The maximum atomic E-state index is 12.0. The Bertz CT molecular complexity index is 318. The summed E-state index contributed by atoms with van der Waals surface area (Å²) in [5, 5.41) is 0. The number of carbonyl (C=O) groups is 2. The number of carbonyl (C=O) groups excluding carboxylic acids is 2. The molecule has 18 heavy (non-hydrogen) atoms. The standard InChI is InChI=1S/C13H23ClN2O2/c1-4-5-6-7-8-9-10-15-11(17)13(2,3)16(14)12(15)18/h4-10H2,1-3H3. The van der Waals surface area contributed by atoms with Gasteiger partial charge >= 0.3 is 6.03 Å². The van der Waals surface area contributed by atoms with Crippen LogP contribution in [0.5, 0.6) is 0 Å². The molecule has 1 rings (SSSR count). The Morgan fingerprint density at radius 2 is 1.61 bits per heavy atom. The first-order valence-electron chi connectivity index (χ1n) is 6.75. The fourth-order valence-electron chi connectivity index (χ4n) is 2.09. The average Bonchev–Trinajstić information content (AvgIpc) is 2.48. The molecule has 0 aromatic rings. The van der Waals surface area contributed by atoms with Gasteiger partial charge in [0.05, 0.1) is 0 Å². The van der Waals surface area contributed by atoms with Gasteiger partial charge < -0.3 is 0 Å². The molecule has 0 spiro atoms. The molecule has 104 valence electrons. The Morgan fingerprint density at radius 1 is 1.06 bits per heavy atom. The van der Waals surface area contributed by atoms with Crippen LogP contribution in [0.3, 0.4) is 0 Å². The number of imide groups is 1. The molecule has 0 atom stereocenters. The number of unbranched alkanes of at least 4 members (excludes halogenated alkanes) is 5. The third-order valence-electron chi connectivity index (χ3n) is 3.39. The zero-order chi connectivity index (χ0) is 13.8. The van der Waals surface area contributed by atoms with E-state index in [1.54, 1.807) is 13.8 Å². The number of halogens is 1. The van der Waals surface area contributed by atoms with Crippen LogP contribution in [0.15, 0.2) is 0 Å². The van der Waals surface area contributed by atoms with Crippen molar-refractivity contribution in [3.63, 3.8) is 0 Å². The van der Waals surface area contributed by atoms with E-state index in [1.807, 2.05) is 0 Å². The molecule has 5 heteroatoms. The molecule has 3 amide bonds. The predicted octanol–water partition coefficient (Wildman–Crippen LogP) is 3.54. The van der Waals surface area contributed by atoms with E-state index in [2.05, 4.69) is 6.92 Å². The molecule has 0 aliphatic carbocycles. The van der Waals surface area contributed by atoms with Crippen LogP contribution in [0.1, 0.15) is 59.3 Å². The molecule has 4 nitrogen and oxygen atoms in total. The van der Waals surface area contributed by atoms with Gasteiger partial charge in [-0.1, -0.05) is 39.0 Å². The molecule has 0 N–H and O–H groups in total. The summed E-state index contributed by atoms with van der Waals surface area (Å²) < 4.78 is 1.01. The van der Waals surface area contributed by atoms with Crippen LogP contribution in [0.4, 0.5) is 4.79 Å². The third-order valence-corrected chi connectivity index (χ3v) is 3.96. The van der Waals surface area contributed by atoms with Crippen LogP contribution in [0.2, 0.25) is 0 Å². The van der Waals surface area contributed by atoms with Gasteiger partial charge in [0, 0.05) is 18.3 Å². The van der Waals surface area contributed by atoms with E-state index >= 15 is 0 Å². The highest BCUT2D eigenvalue weighted by Gasteiger charge is 2.50. The summed E-state index contributed by atoms with van der Waals surface area (Å²) in [4.78, 5) is 25.1. The summed E-state index contributed by atoms with van der Waals surface area (Å²) in [7, 11) is 0. The first-order valence-corrected chi connectivity index (χ1v) is 7.08. The lowest BCUT2D eigenvalue weighted by molar-refractivity contribution is -0.131. The largest absolute Gasteiger partial charge is 0.342 e. The number of amides is 3. The molecule has 1 fully saturated rings. The molecule has 0 aromatic heterocycles. The van der Waals surface area contributed by atoms with Gasteiger partial charge in [0.25, 0.3) is 5.91 Å². The third kappa shape index (κ3) is 3.16. The normalized spacial score (nSPS) is 18.9. The van der Waals surface area contributed by atoms with Crippen LogP contribution in [-0.2, 0) is 4.79 Å². The topological polar surface area (TPSA) is 40.6 Å². The van der Waals surface area contributed by atoms with Gasteiger partial charge in [-0.05, 0) is 20.3 Å². The van der Waals surface area contributed by atoms with Crippen molar-refractivity contribution in [2.45, 2.75) is 64.8 Å². The molecular weight excluding hydrogens is 252 g/mol. The fourth-order valence-corrected chi connectivity index (χ4v) is 2.26. The Labute approximate surface area is 114 Å². The summed E-state index contributed by atoms with van der Waals surface area (Å²) in [5.74, 6) is -0.198. The van der Waals surface area contributed by atoms with Crippen molar-refractivity contribution in [3.8, 4) is 0 Å². The van der Waals surface area contributed by atoms with Crippen molar-refractivity contribution >= 4 is 23.7 Å². The van der Waals surface area contributed by atoms with Gasteiger partial charge in [-0.25, -0.2) is 9.21 Å². The lowest BCUT2D eigenvalue weighted by atomic mass is 10.1. The quantitative estimate of drug-likeness (QED) is 0.405. The molecule has 0 unspecified atom stereocenters. The van der Waals surface area contributed by atoms with Crippen molar-refractivity contribution < 1.29 is 9.59 Å². The smallest absolute Gasteiger partial charge is 0.272 e. The summed E-state index contributed by atoms with van der Waals surface area (Å²) in [6, 6.07) is -0.389. The number of hydrogen-bond acceptors (Lipinski definition) is 2. The number of hydrogen-bond donors (Lipinski definition) is 0. The second-order valence-electron chi connectivity index (χ2n) is 5.35. The van der Waals surface area contributed by atoms with Gasteiger partial charge in [-0.3, -0.25) is 9.69 Å². The second-order valence-corrected chi connectivity index (χ2v) is 5.69. The average molecular weight is 275 g/mol. The van der Waals surface area contributed by atoms with E-state index in [9.17, 15) is 9.59 Å². The molecular formula is C13H23ClN2O2. The van der Waals surface area contributed by atoms with Gasteiger partial charge in [0.15, 0.2) is 0 Å². The van der Waals surface area contributed by atoms with Crippen molar-refractivity contribution in [1.29, 1.82) is 0 Å². The lowest BCUT2D eigenvalue weighted by Gasteiger charge is -2.19. The predicted molar refractivity (Wildman–Crippen MR) is 72.3 cm³/mol. The Hall–Kier alpha value is -0.770. The first kappa shape index (κ1) is 15.3. The molecule has 1 aliphatic rings. The van der Waals surface area contributed by atoms with Gasteiger partial charge in [-0.2, -0.15) is 0 Å². The van der Waals surface area contributed by atoms with Crippen LogP contribution < -0.4 is 0 Å². The Balaban J connectivity index is 2.35.